The fraction of sp³-hybridized carbons (Fsp3) is 0.462. The summed E-state index contributed by atoms with van der Waals surface area (Å²) < 4.78 is 13.7. The first-order valence-electron chi connectivity index (χ1n) is 6.27. The third-order valence-corrected chi connectivity index (χ3v) is 4.10. The topological polar surface area (TPSA) is 58.4 Å². The molecule has 1 aliphatic rings. The second-order valence-electron chi connectivity index (χ2n) is 4.79. The average Bonchev–Trinajstić information content (AvgIpc) is 2.36. The van der Waals surface area contributed by atoms with Crippen LogP contribution in [0.15, 0.2) is 18.2 Å². The molecule has 3 N–H and O–H groups in total. The summed E-state index contributed by atoms with van der Waals surface area (Å²) >= 11 is 2.01. The number of anilines is 1. The van der Waals surface area contributed by atoms with Gasteiger partial charge in [0.1, 0.15) is 5.82 Å². The van der Waals surface area contributed by atoms with Crippen LogP contribution >= 0.6 is 22.6 Å². The average molecular weight is 377 g/mol. The molecule has 1 heterocycles. The highest BCUT2D eigenvalue weighted by molar-refractivity contribution is 14.1. The van der Waals surface area contributed by atoms with Crippen molar-refractivity contribution in [3.63, 3.8) is 0 Å². The van der Waals surface area contributed by atoms with E-state index < -0.39 is 0 Å². The second-order valence-corrected chi connectivity index (χ2v) is 5.95. The Morgan fingerprint density at radius 2 is 2.16 bits per heavy atom. The van der Waals surface area contributed by atoms with E-state index in [1.165, 1.54) is 12.1 Å². The number of hydrogen-bond acceptors (Lipinski definition) is 3. The molecule has 1 amide bonds. The summed E-state index contributed by atoms with van der Waals surface area (Å²) in [7, 11) is 0. The van der Waals surface area contributed by atoms with Crippen LogP contribution in [0, 0.1) is 9.39 Å². The lowest BCUT2D eigenvalue weighted by Crippen LogP contribution is -2.43. The Balaban J connectivity index is 1.87. The molecule has 1 aromatic carbocycles. The summed E-state index contributed by atoms with van der Waals surface area (Å²) in [6.07, 6.45) is 1.86. The van der Waals surface area contributed by atoms with Gasteiger partial charge < -0.3 is 11.1 Å². The number of carbonyl (C=O) groups excluding carboxylic acids is 1. The number of rotatable bonds is 3. The maximum Gasteiger partial charge on any atom is 0.238 e. The van der Waals surface area contributed by atoms with E-state index in [4.69, 9.17) is 5.73 Å². The first-order valence-corrected chi connectivity index (χ1v) is 7.35. The van der Waals surface area contributed by atoms with Gasteiger partial charge in [-0.1, -0.05) is 0 Å². The minimum absolute atomic E-state index is 0.0694. The van der Waals surface area contributed by atoms with Gasteiger partial charge in [0.05, 0.1) is 12.2 Å². The fourth-order valence-corrected chi connectivity index (χ4v) is 2.71. The quantitative estimate of drug-likeness (QED) is 0.790. The van der Waals surface area contributed by atoms with Crippen molar-refractivity contribution in [2.75, 3.05) is 25.0 Å². The van der Waals surface area contributed by atoms with Gasteiger partial charge >= 0.3 is 0 Å². The van der Waals surface area contributed by atoms with Crippen molar-refractivity contribution in [3.05, 3.63) is 27.6 Å². The zero-order valence-corrected chi connectivity index (χ0v) is 12.7. The molecule has 0 unspecified atom stereocenters. The van der Waals surface area contributed by atoms with E-state index in [1.54, 1.807) is 6.07 Å². The van der Waals surface area contributed by atoms with Crippen molar-refractivity contribution in [1.29, 1.82) is 0 Å². The predicted octanol–water partition coefficient (Wildman–Crippen LogP) is 1.79. The van der Waals surface area contributed by atoms with Crippen molar-refractivity contribution >= 4 is 34.2 Å². The van der Waals surface area contributed by atoms with Crippen LogP contribution in [0.1, 0.15) is 12.8 Å². The van der Waals surface area contributed by atoms with Gasteiger partial charge in [0.15, 0.2) is 0 Å². The molecule has 0 bridgehead atoms. The molecule has 104 valence electrons. The molecule has 0 atom stereocenters. The zero-order valence-electron chi connectivity index (χ0n) is 10.5. The van der Waals surface area contributed by atoms with Crippen LogP contribution in [0.5, 0.6) is 0 Å². The van der Waals surface area contributed by atoms with Gasteiger partial charge in [-0.2, -0.15) is 0 Å². The molecular weight excluding hydrogens is 360 g/mol. The first kappa shape index (κ1) is 14.7. The van der Waals surface area contributed by atoms with Gasteiger partial charge in [0.25, 0.3) is 0 Å². The Bertz CT molecular complexity index is 461. The number of nitrogens with zero attached hydrogens (tertiary/aromatic N) is 1. The van der Waals surface area contributed by atoms with Crippen LogP contribution in [0.3, 0.4) is 0 Å². The van der Waals surface area contributed by atoms with Crippen molar-refractivity contribution < 1.29 is 9.18 Å². The summed E-state index contributed by atoms with van der Waals surface area (Å²) in [5.74, 6) is -0.368. The van der Waals surface area contributed by atoms with E-state index in [-0.39, 0.29) is 17.8 Å². The van der Waals surface area contributed by atoms with Gasteiger partial charge in [-0.05, 0) is 53.6 Å². The lowest BCUT2D eigenvalue weighted by atomic mass is 10.1. The highest BCUT2D eigenvalue weighted by Gasteiger charge is 2.18. The normalized spacial score (nSPS) is 17.4. The number of hydrogen-bond donors (Lipinski definition) is 2. The van der Waals surface area contributed by atoms with E-state index in [2.05, 4.69) is 10.2 Å². The molecular formula is C13H17FIN3O. The second kappa shape index (κ2) is 6.62. The minimum atomic E-state index is -0.299. The van der Waals surface area contributed by atoms with Crippen molar-refractivity contribution in [1.82, 2.24) is 4.90 Å². The molecule has 0 radical (unpaired) electrons. The number of amides is 1. The number of piperidine rings is 1. The Morgan fingerprint density at radius 1 is 1.47 bits per heavy atom. The Labute approximate surface area is 125 Å². The molecule has 0 aromatic heterocycles. The van der Waals surface area contributed by atoms with Gasteiger partial charge in [0, 0.05) is 22.7 Å². The third kappa shape index (κ3) is 4.39. The summed E-state index contributed by atoms with van der Waals surface area (Å²) in [5.41, 5.74) is 6.48. The maximum atomic E-state index is 13.0. The molecule has 0 saturated carbocycles. The smallest absolute Gasteiger partial charge is 0.238 e. The monoisotopic (exact) mass is 377 g/mol. The molecule has 4 nitrogen and oxygen atoms in total. The highest BCUT2D eigenvalue weighted by atomic mass is 127. The number of halogens is 2. The summed E-state index contributed by atoms with van der Waals surface area (Å²) in [6.45, 7) is 2.07. The third-order valence-electron chi connectivity index (χ3n) is 3.20. The number of benzene rings is 1. The van der Waals surface area contributed by atoms with Crippen molar-refractivity contribution in [3.8, 4) is 0 Å². The van der Waals surface area contributed by atoms with Crippen LogP contribution in [-0.2, 0) is 4.79 Å². The molecule has 1 aromatic rings. The van der Waals surface area contributed by atoms with E-state index in [0.717, 1.165) is 25.9 Å². The molecule has 6 heteroatoms. The summed E-state index contributed by atoms with van der Waals surface area (Å²) in [4.78, 5) is 14.0. The molecule has 1 aliphatic heterocycles. The summed E-state index contributed by atoms with van der Waals surface area (Å²) in [5, 5.41) is 2.81. The van der Waals surface area contributed by atoms with E-state index in [1.807, 2.05) is 22.6 Å². The van der Waals surface area contributed by atoms with Gasteiger partial charge in [-0.25, -0.2) is 4.39 Å². The van der Waals surface area contributed by atoms with Crippen LogP contribution in [0.2, 0.25) is 0 Å². The van der Waals surface area contributed by atoms with Gasteiger partial charge in [-0.15, -0.1) is 0 Å². The van der Waals surface area contributed by atoms with Gasteiger partial charge in [-0.3, -0.25) is 9.69 Å². The molecule has 0 spiro atoms. The van der Waals surface area contributed by atoms with Crippen LogP contribution < -0.4 is 11.1 Å². The Morgan fingerprint density at radius 3 is 2.79 bits per heavy atom. The lowest BCUT2D eigenvalue weighted by Gasteiger charge is -2.29. The fourth-order valence-electron chi connectivity index (χ4n) is 2.09. The standard InChI is InChI=1S/C13H17FIN3O/c14-9-1-2-12(11(15)7-9)17-13(19)8-18-5-3-10(16)4-6-18/h1-2,7,10H,3-6,8,16H2,(H,17,19). The van der Waals surface area contributed by atoms with E-state index in [0.29, 0.717) is 15.8 Å². The van der Waals surface area contributed by atoms with E-state index >= 15 is 0 Å². The number of nitrogens with one attached hydrogen (secondary N) is 1. The Kier molecular flexibility index (Phi) is 5.12. The first-order chi connectivity index (χ1) is 9.04. The maximum absolute atomic E-state index is 13.0. The predicted molar refractivity (Wildman–Crippen MR) is 81.4 cm³/mol. The van der Waals surface area contributed by atoms with Crippen LogP contribution in [0.25, 0.3) is 0 Å². The minimum Gasteiger partial charge on any atom is -0.328 e. The number of carbonyl (C=O) groups is 1. The highest BCUT2D eigenvalue weighted by Crippen LogP contribution is 2.19. The molecule has 19 heavy (non-hydrogen) atoms. The largest absolute Gasteiger partial charge is 0.328 e. The molecule has 2 rings (SSSR count). The van der Waals surface area contributed by atoms with Crippen LogP contribution in [-0.4, -0.2) is 36.5 Å². The SMILES string of the molecule is NC1CCN(CC(=O)Nc2ccc(F)cc2I)CC1. The lowest BCUT2D eigenvalue weighted by molar-refractivity contribution is -0.117. The van der Waals surface area contributed by atoms with Gasteiger partial charge in [0.2, 0.25) is 5.91 Å². The summed E-state index contributed by atoms with van der Waals surface area (Å²) in [6, 6.07) is 4.59. The number of nitrogens with two attached hydrogens (primary N) is 1. The van der Waals surface area contributed by atoms with E-state index in [9.17, 15) is 9.18 Å². The van der Waals surface area contributed by atoms with Crippen LogP contribution in [0.4, 0.5) is 10.1 Å². The molecule has 0 aliphatic carbocycles. The zero-order chi connectivity index (χ0) is 13.8. The molecule has 1 saturated heterocycles. The van der Waals surface area contributed by atoms with Crippen molar-refractivity contribution in [2.24, 2.45) is 5.73 Å². The molecule has 1 fully saturated rings. The Hall–Kier alpha value is -0.730. The van der Waals surface area contributed by atoms with Crippen molar-refractivity contribution in [2.45, 2.75) is 18.9 Å². The number of likely N-dealkylation sites (tertiary alicyclic amines) is 1.